The van der Waals surface area contributed by atoms with Crippen molar-refractivity contribution in [2.45, 2.75) is 23.6 Å². The topological polar surface area (TPSA) is 89.5 Å². The zero-order chi connectivity index (χ0) is 17.8. The molecule has 0 aliphatic carbocycles. The quantitative estimate of drug-likeness (QED) is 0.595. The molecule has 0 spiro atoms. The van der Waals surface area contributed by atoms with Crippen LogP contribution < -0.4 is 4.72 Å². The third kappa shape index (κ3) is 4.41. The molecule has 0 atom stereocenters. The van der Waals surface area contributed by atoms with Crippen molar-refractivity contribution < 1.29 is 21.0 Å². The lowest BCUT2D eigenvalue weighted by Crippen LogP contribution is -2.28. The molecule has 0 bridgehead atoms. The van der Waals surface area contributed by atoms with Gasteiger partial charge in [0.05, 0.1) is 16.4 Å². The van der Waals surface area contributed by atoms with Crippen molar-refractivity contribution >= 4 is 20.1 Å². The van der Waals surface area contributed by atoms with Crippen LogP contribution in [0.2, 0.25) is 0 Å². The molecule has 8 heteroatoms. The molecule has 0 aromatic heterocycles. The molecule has 2 rings (SSSR count). The Kier molecular flexibility index (Phi) is 5.76. The van der Waals surface area contributed by atoms with Crippen LogP contribution >= 0.6 is 0 Å². The van der Waals surface area contributed by atoms with Gasteiger partial charge in [0.2, 0.25) is 10.0 Å². The van der Waals surface area contributed by atoms with E-state index in [1.165, 1.54) is 12.1 Å². The summed E-state index contributed by atoms with van der Waals surface area (Å²) in [6.45, 7) is 2.91. The molecule has 0 radical (unpaired) electrons. The summed E-state index contributed by atoms with van der Waals surface area (Å²) in [5.41, 5.74) is 1.18. The van der Waals surface area contributed by atoms with Gasteiger partial charge in [-0.1, -0.05) is 36.4 Å². The molecular formula is C16H19NO5S2. The van der Waals surface area contributed by atoms with E-state index in [0.717, 1.165) is 0 Å². The smallest absolute Gasteiger partial charge is 0.265 e. The Balaban J connectivity index is 1.98. The van der Waals surface area contributed by atoms with Crippen molar-refractivity contribution in [1.29, 1.82) is 0 Å². The summed E-state index contributed by atoms with van der Waals surface area (Å²) in [5.74, 6) is 0. The van der Waals surface area contributed by atoms with E-state index < -0.39 is 20.1 Å². The van der Waals surface area contributed by atoms with Crippen molar-refractivity contribution in [1.82, 2.24) is 4.72 Å². The fourth-order valence-corrected chi connectivity index (χ4v) is 4.56. The predicted octanol–water partition coefficient (Wildman–Crippen LogP) is 1.99. The number of sulfonamides is 1. The van der Waals surface area contributed by atoms with Gasteiger partial charge in [0.25, 0.3) is 10.1 Å². The van der Waals surface area contributed by atoms with Crippen LogP contribution in [0.5, 0.6) is 0 Å². The zero-order valence-electron chi connectivity index (χ0n) is 13.4. The molecule has 0 saturated heterocycles. The standard InChI is InChI=1S/C16H19NO5S2/c1-13-7-3-5-9-15(13)23(18,19)17-11-12-22-24(20,21)16-10-6-4-8-14(16)2/h3-10,17H,11-12H2,1-2H3. The fraction of sp³-hybridized carbons (Fsp3) is 0.250. The first-order valence-electron chi connectivity index (χ1n) is 7.24. The average molecular weight is 369 g/mol. The molecule has 0 saturated carbocycles. The largest absolute Gasteiger partial charge is 0.297 e. The minimum absolute atomic E-state index is 0.0757. The van der Waals surface area contributed by atoms with Gasteiger partial charge in [-0.3, -0.25) is 4.18 Å². The summed E-state index contributed by atoms with van der Waals surface area (Å²) in [5, 5.41) is 0. The van der Waals surface area contributed by atoms with Gasteiger partial charge in [-0.05, 0) is 37.1 Å². The summed E-state index contributed by atoms with van der Waals surface area (Å²) in [4.78, 5) is 0.235. The van der Waals surface area contributed by atoms with E-state index in [1.54, 1.807) is 50.2 Å². The highest BCUT2D eigenvalue weighted by molar-refractivity contribution is 7.89. The molecule has 1 N–H and O–H groups in total. The molecule has 0 unspecified atom stereocenters. The lowest BCUT2D eigenvalue weighted by molar-refractivity contribution is 0.322. The molecule has 24 heavy (non-hydrogen) atoms. The minimum atomic E-state index is -3.92. The number of nitrogens with one attached hydrogen (secondary N) is 1. The molecule has 0 fully saturated rings. The third-order valence-corrected chi connectivity index (χ3v) is 6.47. The van der Waals surface area contributed by atoms with Gasteiger partial charge in [-0.15, -0.1) is 0 Å². The maximum absolute atomic E-state index is 12.2. The van der Waals surface area contributed by atoms with E-state index in [4.69, 9.17) is 4.18 Å². The van der Waals surface area contributed by atoms with E-state index in [9.17, 15) is 16.8 Å². The van der Waals surface area contributed by atoms with Crippen LogP contribution in [0.3, 0.4) is 0 Å². The van der Waals surface area contributed by atoms with Crippen molar-refractivity contribution in [3.05, 3.63) is 59.7 Å². The Morgan fingerprint density at radius 2 is 1.33 bits per heavy atom. The Morgan fingerprint density at radius 1 is 0.833 bits per heavy atom. The normalized spacial score (nSPS) is 12.2. The molecular weight excluding hydrogens is 350 g/mol. The highest BCUT2D eigenvalue weighted by Crippen LogP contribution is 2.17. The number of hydrogen-bond acceptors (Lipinski definition) is 5. The molecule has 2 aromatic carbocycles. The van der Waals surface area contributed by atoms with E-state index in [1.807, 2.05) is 0 Å². The van der Waals surface area contributed by atoms with Crippen LogP contribution in [-0.2, 0) is 24.3 Å². The van der Waals surface area contributed by atoms with Crippen molar-refractivity contribution in [2.24, 2.45) is 0 Å². The second kappa shape index (κ2) is 7.43. The van der Waals surface area contributed by atoms with Crippen LogP contribution in [-0.4, -0.2) is 30.0 Å². The van der Waals surface area contributed by atoms with Gasteiger partial charge in [-0.2, -0.15) is 8.42 Å². The van der Waals surface area contributed by atoms with Crippen LogP contribution in [0, 0.1) is 13.8 Å². The minimum Gasteiger partial charge on any atom is -0.265 e. The first kappa shape index (κ1) is 18.6. The van der Waals surface area contributed by atoms with Crippen LogP contribution in [0.15, 0.2) is 58.3 Å². The number of hydrogen-bond donors (Lipinski definition) is 1. The van der Waals surface area contributed by atoms with Crippen LogP contribution in [0.4, 0.5) is 0 Å². The van der Waals surface area contributed by atoms with Gasteiger partial charge in [0, 0.05) is 6.54 Å². The Morgan fingerprint density at radius 3 is 1.88 bits per heavy atom. The summed E-state index contributed by atoms with van der Waals surface area (Å²) in [7, 11) is -7.62. The molecule has 2 aromatic rings. The van der Waals surface area contributed by atoms with Crippen LogP contribution in [0.25, 0.3) is 0 Å². The van der Waals surface area contributed by atoms with E-state index in [2.05, 4.69) is 4.72 Å². The maximum atomic E-state index is 12.2. The first-order valence-corrected chi connectivity index (χ1v) is 10.1. The number of benzene rings is 2. The molecule has 0 aliphatic heterocycles. The van der Waals surface area contributed by atoms with E-state index in [0.29, 0.717) is 11.1 Å². The predicted molar refractivity (Wildman–Crippen MR) is 90.7 cm³/mol. The summed E-state index contributed by atoms with van der Waals surface area (Å²) in [6.07, 6.45) is 0. The lowest BCUT2D eigenvalue weighted by Gasteiger charge is -2.10. The van der Waals surface area contributed by atoms with E-state index in [-0.39, 0.29) is 22.9 Å². The van der Waals surface area contributed by atoms with Crippen molar-refractivity contribution in [2.75, 3.05) is 13.2 Å². The zero-order valence-corrected chi connectivity index (χ0v) is 15.0. The Bertz CT molecular complexity index is 843. The molecule has 130 valence electrons. The van der Waals surface area contributed by atoms with Gasteiger partial charge >= 0.3 is 0 Å². The second-order valence-electron chi connectivity index (χ2n) is 5.20. The fourth-order valence-electron chi connectivity index (χ4n) is 2.16. The third-order valence-electron chi connectivity index (χ3n) is 3.38. The highest BCUT2D eigenvalue weighted by Gasteiger charge is 2.19. The first-order chi connectivity index (χ1) is 11.2. The second-order valence-corrected chi connectivity index (χ2v) is 8.52. The highest BCUT2D eigenvalue weighted by atomic mass is 32.2. The summed E-state index contributed by atoms with van der Waals surface area (Å²) in [6, 6.07) is 13.0. The monoisotopic (exact) mass is 369 g/mol. The lowest BCUT2D eigenvalue weighted by atomic mass is 10.2. The number of rotatable bonds is 7. The van der Waals surface area contributed by atoms with Crippen molar-refractivity contribution in [3.8, 4) is 0 Å². The Hall–Kier alpha value is -1.74. The summed E-state index contributed by atoms with van der Waals surface area (Å²) >= 11 is 0. The Labute approximate surface area is 142 Å². The van der Waals surface area contributed by atoms with Gasteiger partial charge in [-0.25, -0.2) is 13.1 Å². The van der Waals surface area contributed by atoms with Crippen molar-refractivity contribution in [3.63, 3.8) is 0 Å². The number of aryl methyl sites for hydroxylation is 2. The molecule has 0 amide bonds. The molecule has 0 heterocycles. The molecule has 0 aliphatic rings. The van der Waals surface area contributed by atoms with Gasteiger partial charge < -0.3 is 0 Å². The average Bonchev–Trinajstić information content (AvgIpc) is 2.52. The van der Waals surface area contributed by atoms with Gasteiger partial charge in [0.1, 0.15) is 0 Å². The maximum Gasteiger partial charge on any atom is 0.297 e. The van der Waals surface area contributed by atoms with E-state index >= 15 is 0 Å². The van der Waals surface area contributed by atoms with Gasteiger partial charge in [0.15, 0.2) is 0 Å². The van der Waals surface area contributed by atoms with Crippen LogP contribution in [0.1, 0.15) is 11.1 Å². The summed E-state index contributed by atoms with van der Waals surface area (Å²) < 4.78 is 55.8. The molecule has 6 nitrogen and oxygen atoms in total. The SMILES string of the molecule is Cc1ccccc1S(=O)(=O)NCCOS(=O)(=O)c1ccccc1C.